The molecule has 1 unspecified atom stereocenters. The second-order valence-corrected chi connectivity index (χ2v) is 4.19. The zero-order valence-corrected chi connectivity index (χ0v) is 8.31. The molecule has 2 aliphatic rings. The van der Waals surface area contributed by atoms with Gasteiger partial charge in [0.15, 0.2) is 0 Å². The Kier molecular flexibility index (Phi) is 2.46. The maximum atomic E-state index is 11.7. The summed E-state index contributed by atoms with van der Waals surface area (Å²) in [6.45, 7) is 0. The average molecular weight is 211 g/mol. The summed E-state index contributed by atoms with van der Waals surface area (Å²) >= 11 is 0. The molecule has 2 fully saturated rings. The molecule has 2 rings (SSSR count). The third-order valence-electron chi connectivity index (χ3n) is 3.14. The second kappa shape index (κ2) is 3.64. The first-order valence-electron chi connectivity index (χ1n) is 5.17. The van der Waals surface area contributed by atoms with Gasteiger partial charge >= 0.3 is 5.97 Å². The van der Waals surface area contributed by atoms with Gasteiger partial charge in [0.05, 0.1) is 12.3 Å². The first kappa shape index (κ1) is 10.1. The van der Waals surface area contributed by atoms with E-state index in [0.717, 1.165) is 19.3 Å². The van der Waals surface area contributed by atoms with Gasteiger partial charge in [-0.3, -0.25) is 19.3 Å². The van der Waals surface area contributed by atoms with Gasteiger partial charge < -0.3 is 5.11 Å². The monoisotopic (exact) mass is 211 g/mol. The predicted molar refractivity (Wildman–Crippen MR) is 49.9 cm³/mol. The third-order valence-corrected chi connectivity index (χ3v) is 3.14. The molecule has 82 valence electrons. The molecule has 2 amide bonds. The fourth-order valence-corrected chi connectivity index (χ4v) is 2.11. The highest BCUT2D eigenvalue weighted by atomic mass is 16.4. The Morgan fingerprint density at radius 2 is 2.07 bits per heavy atom. The quantitative estimate of drug-likeness (QED) is 0.685. The van der Waals surface area contributed by atoms with Crippen LogP contribution in [0.25, 0.3) is 0 Å². The van der Waals surface area contributed by atoms with Gasteiger partial charge in [-0.1, -0.05) is 0 Å². The molecule has 0 bridgehead atoms. The summed E-state index contributed by atoms with van der Waals surface area (Å²) in [6, 6.07) is 0.0452. The van der Waals surface area contributed by atoms with E-state index >= 15 is 0 Å². The number of aliphatic carboxylic acids is 1. The van der Waals surface area contributed by atoms with Gasteiger partial charge in [0.1, 0.15) is 0 Å². The summed E-state index contributed by atoms with van der Waals surface area (Å²) < 4.78 is 0. The van der Waals surface area contributed by atoms with Crippen LogP contribution in [-0.4, -0.2) is 33.8 Å². The van der Waals surface area contributed by atoms with Crippen LogP contribution in [0.2, 0.25) is 0 Å². The average Bonchev–Trinajstić information content (AvgIpc) is 2.29. The highest BCUT2D eigenvalue weighted by molar-refractivity contribution is 6.05. The first-order chi connectivity index (χ1) is 7.09. The van der Waals surface area contributed by atoms with Crippen LogP contribution >= 0.6 is 0 Å². The second-order valence-electron chi connectivity index (χ2n) is 4.19. The Balaban J connectivity index is 2.05. The fraction of sp³-hybridized carbons (Fsp3) is 0.700. The zero-order chi connectivity index (χ0) is 11.0. The van der Waals surface area contributed by atoms with Gasteiger partial charge in [-0.25, -0.2) is 0 Å². The molecular weight excluding hydrogens is 198 g/mol. The Bertz CT molecular complexity index is 321. The van der Waals surface area contributed by atoms with Crippen LogP contribution in [0.3, 0.4) is 0 Å². The molecule has 1 heterocycles. The number of carboxylic acid groups (broad SMARTS) is 1. The van der Waals surface area contributed by atoms with E-state index in [2.05, 4.69) is 0 Å². The van der Waals surface area contributed by atoms with E-state index in [9.17, 15) is 14.4 Å². The van der Waals surface area contributed by atoms with Crippen molar-refractivity contribution in [2.75, 3.05) is 0 Å². The van der Waals surface area contributed by atoms with Crippen molar-refractivity contribution in [1.82, 2.24) is 4.90 Å². The standard InChI is InChI=1S/C10H13NO4/c12-8-4-6(5-9(13)14)10(15)11(8)7-2-1-3-7/h6-7H,1-5H2,(H,13,14). The minimum absolute atomic E-state index is 0.0452. The van der Waals surface area contributed by atoms with Crippen molar-refractivity contribution < 1.29 is 19.5 Å². The van der Waals surface area contributed by atoms with E-state index < -0.39 is 11.9 Å². The van der Waals surface area contributed by atoms with E-state index in [-0.39, 0.29) is 30.7 Å². The van der Waals surface area contributed by atoms with Crippen LogP contribution in [-0.2, 0) is 14.4 Å². The molecule has 0 aromatic carbocycles. The molecule has 1 aliphatic heterocycles. The molecule has 0 spiro atoms. The van der Waals surface area contributed by atoms with E-state index in [0.29, 0.717) is 0 Å². The lowest BCUT2D eigenvalue weighted by atomic mass is 9.91. The number of carbonyl (C=O) groups is 3. The molecule has 1 saturated heterocycles. The molecule has 0 radical (unpaired) electrons. The van der Waals surface area contributed by atoms with E-state index in [4.69, 9.17) is 5.11 Å². The summed E-state index contributed by atoms with van der Waals surface area (Å²) in [5, 5.41) is 8.59. The molecule has 5 nitrogen and oxygen atoms in total. The molecule has 1 aliphatic carbocycles. The largest absolute Gasteiger partial charge is 0.481 e. The number of amides is 2. The van der Waals surface area contributed by atoms with Crippen molar-refractivity contribution in [3.8, 4) is 0 Å². The maximum absolute atomic E-state index is 11.7. The lowest BCUT2D eigenvalue weighted by molar-refractivity contribution is -0.146. The summed E-state index contributed by atoms with van der Waals surface area (Å²) in [4.78, 5) is 35.0. The number of carbonyl (C=O) groups excluding carboxylic acids is 2. The summed E-state index contributed by atoms with van der Waals surface area (Å²) in [6.07, 6.45) is 2.63. The Labute approximate surface area is 87.1 Å². The molecule has 1 N–H and O–H groups in total. The minimum atomic E-state index is -1.02. The molecular formula is C10H13NO4. The molecule has 1 saturated carbocycles. The van der Waals surface area contributed by atoms with Crippen LogP contribution in [0.15, 0.2) is 0 Å². The SMILES string of the molecule is O=C(O)CC1CC(=O)N(C2CCC2)C1=O. The van der Waals surface area contributed by atoms with Crippen molar-refractivity contribution in [2.45, 2.75) is 38.1 Å². The van der Waals surface area contributed by atoms with Gasteiger partial charge in [-0.15, -0.1) is 0 Å². The lowest BCUT2D eigenvalue weighted by Gasteiger charge is -2.33. The highest BCUT2D eigenvalue weighted by Crippen LogP contribution is 2.32. The van der Waals surface area contributed by atoms with Crippen molar-refractivity contribution >= 4 is 17.8 Å². The van der Waals surface area contributed by atoms with E-state index in [1.165, 1.54) is 4.90 Å². The van der Waals surface area contributed by atoms with Crippen LogP contribution < -0.4 is 0 Å². The van der Waals surface area contributed by atoms with Gasteiger partial charge in [-0.05, 0) is 19.3 Å². The predicted octanol–water partition coefficient (Wildman–Crippen LogP) is 0.389. The van der Waals surface area contributed by atoms with E-state index in [1.54, 1.807) is 0 Å². The number of hydrogen-bond acceptors (Lipinski definition) is 3. The topological polar surface area (TPSA) is 74.7 Å². The van der Waals surface area contributed by atoms with Gasteiger partial charge in [0.2, 0.25) is 11.8 Å². The summed E-state index contributed by atoms with van der Waals surface area (Å²) in [5.41, 5.74) is 0. The Hall–Kier alpha value is -1.39. The lowest BCUT2D eigenvalue weighted by Crippen LogP contribution is -2.44. The van der Waals surface area contributed by atoms with Gasteiger partial charge in [0.25, 0.3) is 0 Å². The van der Waals surface area contributed by atoms with Gasteiger partial charge in [0, 0.05) is 12.5 Å². The Morgan fingerprint density at radius 3 is 2.53 bits per heavy atom. The minimum Gasteiger partial charge on any atom is -0.481 e. The number of likely N-dealkylation sites (tertiary alicyclic amines) is 1. The summed E-state index contributed by atoms with van der Waals surface area (Å²) in [7, 11) is 0. The molecule has 0 aromatic rings. The van der Waals surface area contributed by atoms with Crippen LogP contribution in [0.4, 0.5) is 0 Å². The fourth-order valence-electron chi connectivity index (χ4n) is 2.11. The Morgan fingerprint density at radius 1 is 1.40 bits per heavy atom. The number of hydrogen-bond donors (Lipinski definition) is 1. The third kappa shape index (κ3) is 1.73. The van der Waals surface area contributed by atoms with Crippen molar-refractivity contribution in [3.63, 3.8) is 0 Å². The smallest absolute Gasteiger partial charge is 0.304 e. The number of carboxylic acids is 1. The van der Waals surface area contributed by atoms with E-state index in [1.807, 2.05) is 0 Å². The maximum Gasteiger partial charge on any atom is 0.304 e. The number of nitrogens with zero attached hydrogens (tertiary/aromatic N) is 1. The number of rotatable bonds is 3. The van der Waals surface area contributed by atoms with Crippen LogP contribution in [0.5, 0.6) is 0 Å². The van der Waals surface area contributed by atoms with Gasteiger partial charge in [-0.2, -0.15) is 0 Å². The number of imide groups is 1. The van der Waals surface area contributed by atoms with Crippen molar-refractivity contribution in [2.24, 2.45) is 5.92 Å². The molecule has 15 heavy (non-hydrogen) atoms. The normalized spacial score (nSPS) is 26.9. The van der Waals surface area contributed by atoms with Crippen molar-refractivity contribution in [3.05, 3.63) is 0 Å². The highest BCUT2D eigenvalue weighted by Gasteiger charge is 2.44. The molecule has 0 aromatic heterocycles. The van der Waals surface area contributed by atoms with Crippen molar-refractivity contribution in [1.29, 1.82) is 0 Å². The first-order valence-corrected chi connectivity index (χ1v) is 5.17. The summed E-state index contributed by atoms with van der Waals surface area (Å²) in [5.74, 6) is -2.13. The molecule has 5 heteroatoms. The van der Waals surface area contributed by atoms with Crippen LogP contribution in [0, 0.1) is 5.92 Å². The molecule has 1 atom stereocenters. The van der Waals surface area contributed by atoms with Crippen LogP contribution in [0.1, 0.15) is 32.1 Å². The zero-order valence-electron chi connectivity index (χ0n) is 8.31.